The van der Waals surface area contributed by atoms with E-state index in [0.29, 0.717) is 11.4 Å². The standard InChI is InChI=1S/C17H15N3O2S/c1-22-15-8-3-2-6-12(15)16(13-7-4-5-9-18-13)20-17(21)14-10-23-11-19-14/h2-11,16H,1H3,(H,20,21). The maximum atomic E-state index is 12.4. The summed E-state index contributed by atoms with van der Waals surface area (Å²) in [6.45, 7) is 0. The molecule has 2 heterocycles. The number of methoxy groups -OCH3 is 1. The highest BCUT2D eigenvalue weighted by molar-refractivity contribution is 7.07. The average Bonchev–Trinajstić information content (AvgIpc) is 3.15. The fraction of sp³-hybridized carbons (Fsp3) is 0.118. The average molecular weight is 325 g/mol. The van der Waals surface area contributed by atoms with Crippen LogP contribution >= 0.6 is 11.3 Å². The number of aromatic nitrogens is 2. The fourth-order valence-corrected chi connectivity index (χ4v) is 2.82. The Hall–Kier alpha value is -2.73. The number of hydrogen-bond acceptors (Lipinski definition) is 5. The number of hydrogen-bond donors (Lipinski definition) is 1. The van der Waals surface area contributed by atoms with Crippen LogP contribution in [0.2, 0.25) is 0 Å². The van der Waals surface area contributed by atoms with Gasteiger partial charge in [-0.15, -0.1) is 11.3 Å². The van der Waals surface area contributed by atoms with Gasteiger partial charge in [0.15, 0.2) is 0 Å². The molecule has 0 aliphatic rings. The number of benzene rings is 1. The summed E-state index contributed by atoms with van der Waals surface area (Å²) in [6.07, 6.45) is 1.70. The largest absolute Gasteiger partial charge is 0.496 e. The van der Waals surface area contributed by atoms with Gasteiger partial charge >= 0.3 is 0 Å². The summed E-state index contributed by atoms with van der Waals surface area (Å²) in [5.41, 5.74) is 3.61. The molecule has 1 amide bonds. The van der Waals surface area contributed by atoms with E-state index >= 15 is 0 Å². The van der Waals surface area contributed by atoms with Gasteiger partial charge in [0.1, 0.15) is 17.5 Å². The Balaban J connectivity index is 1.99. The number of amides is 1. The van der Waals surface area contributed by atoms with E-state index in [0.717, 1.165) is 11.3 Å². The molecular weight excluding hydrogens is 310 g/mol. The van der Waals surface area contributed by atoms with Crippen LogP contribution in [0.4, 0.5) is 0 Å². The van der Waals surface area contributed by atoms with E-state index in [1.54, 1.807) is 24.2 Å². The lowest BCUT2D eigenvalue weighted by molar-refractivity contribution is 0.0937. The zero-order chi connectivity index (χ0) is 16.1. The molecule has 5 nitrogen and oxygen atoms in total. The SMILES string of the molecule is COc1ccccc1C(NC(=O)c1cscn1)c1ccccn1. The number of carbonyl (C=O) groups is 1. The minimum absolute atomic E-state index is 0.243. The van der Waals surface area contributed by atoms with Crippen LogP contribution in [0.1, 0.15) is 27.8 Å². The van der Waals surface area contributed by atoms with Crippen LogP contribution in [-0.2, 0) is 0 Å². The molecule has 1 atom stereocenters. The smallest absolute Gasteiger partial charge is 0.271 e. The van der Waals surface area contributed by atoms with Crippen molar-refractivity contribution in [1.82, 2.24) is 15.3 Å². The normalized spacial score (nSPS) is 11.7. The molecule has 1 unspecified atom stereocenters. The summed E-state index contributed by atoms with van der Waals surface area (Å²) in [7, 11) is 1.61. The van der Waals surface area contributed by atoms with E-state index in [9.17, 15) is 4.79 Å². The molecule has 1 N–H and O–H groups in total. The Morgan fingerprint density at radius 3 is 2.70 bits per heavy atom. The molecule has 0 saturated heterocycles. The molecule has 0 spiro atoms. The van der Waals surface area contributed by atoms with Gasteiger partial charge in [-0.05, 0) is 18.2 Å². The number of ether oxygens (including phenoxy) is 1. The molecule has 2 aromatic heterocycles. The lowest BCUT2D eigenvalue weighted by atomic mass is 10.0. The van der Waals surface area contributed by atoms with Gasteiger partial charge < -0.3 is 10.1 Å². The maximum absolute atomic E-state index is 12.4. The van der Waals surface area contributed by atoms with Crippen molar-refractivity contribution in [2.45, 2.75) is 6.04 Å². The summed E-state index contributed by atoms with van der Waals surface area (Å²) >= 11 is 1.38. The second kappa shape index (κ2) is 7.02. The van der Waals surface area contributed by atoms with E-state index < -0.39 is 6.04 Å². The third kappa shape index (κ3) is 3.37. The van der Waals surface area contributed by atoms with Crippen LogP contribution in [0.15, 0.2) is 59.6 Å². The van der Waals surface area contributed by atoms with Gasteiger partial charge in [-0.25, -0.2) is 4.98 Å². The van der Waals surface area contributed by atoms with Gasteiger partial charge in [-0.3, -0.25) is 9.78 Å². The molecule has 116 valence electrons. The third-order valence-corrected chi connectivity index (χ3v) is 3.96. The zero-order valence-corrected chi connectivity index (χ0v) is 13.3. The van der Waals surface area contributed by atoms with E-state index in [1.165, 1.54) is 11.3 Å². The van der Waals surface area contributed by atoms with Crippen LogP contribution < -0.4 is 10.1 Å². The second-order valence-corrected chi connectivity index (χ2v) is 5.50. The molecule has 3 rings (SSSR count). The molecule has 6 heteroatoms. The van der Waals surface area contributed by atoms with Gasteiger partial charge in [-0.2, -0.15) is 0 Å². The van der Waals surface area contributed by atoms with Crippen LogP contribution in [0, 0.1) is 0 Å². The van der Waals surface area contributed by atoms with E-state index in [-0.39, 0.29) is 5.91 Å². The first-order valence-electron chi connectivity index (χ1n) is 7.02. The second-order valence-electron chi connectivity index (χ2n) is 4.78. The van der Waals surface area contributed by atoms with Crippen LogP contribution in [-0.4, -0.2) is 23.0 Å². The molecule has 0 saturated carbocycles. The molecule has 0 aliphatic heterocycles. The predicted molar refractivity (Wildman–Crippen MR) is 88.7 cm³/mol. The highest BCUT2D eigenvalue weighted by atomic mass is 32.1. The minimum atomic E-state index is -0.415. The first-order valence-corrected chi connectivity index (χ1v) is 7.97. The quantitative estimate of drug-likeness (QED) is 0.783. The zero-order valence-electron chi connectivity index (χ0n) is 12.5. The van der Waals surface area contributed by atoms with Crippen molar-refractivity contribution in [3.8, 4) is 5.75 Å². The van der Waals surface area contributed by atoms with Crippen molar-refractivity contribution in [2.24, 2.45) is 0 Å². The van der Waals surface area contributed by atoms with E-state index in [2.05, 4.69) is 15.3 Å². The Morgan fingerprint density at radius 2 is 2.00 bits per heavy atom. The van der Waals surface area contributed by atoms with Crippen molar-refractivity contribution in [1.29, 1.82) is 0 Å². The van der Waals surface area contributed by atoms with Crippen molar-refractivity contribution >= 4 is 17.2 Å². The highest BCUT2D eigenvalue weighted by Crippen LogP contribution is 2.29. The minimum Gasteiger partial charge on any atom is -0.496 e. The number of thiazole rings is 1. The summed E-state index contributed by atoms with van der Waals surface area (Å²) in [5, 5.41) is 4.70. The maximum Gasteiger partial charge on any atom is 0.271 e. The Bertz CT molecular complexity index is 776. The number of nitrogens with zero attached hydrogens (tertiary/aromatic N) is 2. The van der Waals surface area contributed by atoms with Gasteiger partial charge in [-0.1, -0.05) is 24.3 Å². The topological polar surface area (TPSA) is 64.1 Å². The molecule has 23 heavy (non-hydrogen) atoms. The summed E-state index contributed by atoms with van der Waals surface area (Å²) in [5.74, 6) is 0.453. The Kier molecular flexibility index (Phi) is 4.63. The van der Waals surface area contributed by atoms with Gasteiger partial charge in [0.05, 0.1) is 18.3 Å². The van der Waals surface area contributed by atoms with Gasteiger partial charge in [0.2, 0.25) is 0 Å². The number of carbonyl (C=O) groups excluding carboxylic acids is 1. The number of para-hydroxylation sites is 1. The van der Waals surface area contributed by atoms with Crippen LogP contribution in [0.5, 0.6) is 5.75 Å². The number of nitrogens with one attached hydrogen (secondary N) is 1. The first kappa shape index (κ1) is 15.2. The molecule has 1 aromatic carbocycles. The molecule has 0 aliphatic carbocycles. The fourth-order valence-electron chi connectivity index (χ4n) is 2.29. The van der Waals surface area contributed by atoms with Crippen LogP contribution in [0.3, 0.4) is 0 Å². The van der Waals surface area contributed by atoms with Crippen molar-refractivity contribution in [3.63, 3.8) is 0 Å². The third-order valence-electron chi connectivity index (χ3n) is 3.37. The van der Waals surface area contributed by atoms with E-state index in [4.69, 9.17) is 4.74 Å². The number of pyridine rings is 1. The molecule has 3 aromatic rings. The molecular formula is C17H15N3O2S. The Morgan fingerprint density at radius 1 is 1.17 bits per heavy atom. The summed E-state index contributed by atoms with van der Waals surface area (Å²) < 4.78 is 5.43. The van der Waals surface area contributed by atoms with Crippen molar-refractivity contribution in [2.75, 3.05) is 7.11 Å². The lowest BCUT2D eigenvalue weighted by Crippen LogP contribution is -2.30. The van der Waals surface area contributed by atoms with Crippen molar-refractivity contribution in [3.05, 3.63) is 76.5 Å². The van der Waals surface area contributed by atoms with Crippen molar-refractivity contribution < 1.29 is 9.53 Å². The molecule has 0 bridgehead atoms. The first-order chi connectivity index (χ1) is 11.3. The number of rotatable bonds is 5. The monoisotopic (exact) mass is 325 g/mol. The lowest BCUT2D eigenvalue weighted by Gasteiger charge is -2.20. The van der Waals surface area contributed by atoms with E-state index in [1.807, 2.05) is 42.5 Å². The Labute approximate surface area is 138 Å². The summed E-state index contributed by atoms with van der Waals surface area (Å²) in [4.78, 5) is 20.9. The van der Waals surface area contributed by atoms with Crippen LogP contribution in [0.25, 0.3) is 0 Å². The molecule has 0 radical (unpaired) electrons. The molecule has 0 fully saturated rings. The van der Waals surface area contributed by atoms with Gasteiger partial charge in [0, 0.05) is 17.1 Å². The summed E-state index contributed by atoms with van der Waals surface area (Å²) in [6, 6.07) is 12.8. The van der Waals surface area contributed by atoms with Gasteiger partial charge in [0.25, 0.3) is 5.91 Å². The highest BCUT2D eigenvalue weighted by Gasteiger charge is 2.22. The predicted octanol–water partition coefficient (Wildman–Crippen LogP) is 3.07.